The lowest BCUT2D eigenvalue weighted by molar-refractivity contribution is -0.137. The van der Waals surface area contributed by atoms with Crippen molar-refractivity contribution in [2.45, 2.75) is 27.2 Å². The number of carbonyl (C=O) groups excluding carboxylic acids is 2. The quantitative estimate of drug-likeness (QED) is 0.861. The fourth-order valence-corrected chi connectivity index (χ4v) is 2.31. The number of rotatable bonds is 6. The van der Waals surface area contributed by atoms with E-state index in [1.807, 2.05) is 20.8 Å². The average Bonchev–Trinajstić information content (AvgIpc) is 2.40. The first-order chi connectivity index (χ1) is 9.85. The largest absolute Gasteiger partial charge is 0.333 e. The normalized spacial score (nSPS) is 10.6. The predicted molar refractivity (Wildman–Crippen MR) is 86.8 cm³/mol. The minimum absolute atomic E-state index is 0.0177. The number of anilines is 1. The van der Waals surface area contributed by atoms with Crippen LogP contribution in [-0.4, -0.2) is 29.8 Å². The van der Waals surface area contributed by atoms with Crippen LogP contribution in [0.2, 0.25) is 10.0 Å². The van der Waals surface area contributed by atoms with E-state index in [9.17, 15) is 9.59 Å². The van der Waals surface area contributed by atoms with E-state index in [0.717, 1.165) is 6.42 Å². The van der Waals surface area contributed by atoms with Crippen LogP contribution >= 0.6 is 23.2 Å². The monoisotopic (exact) mass is 330 g/mol. The van der Waals surface area contributed by atoms with Gasteiger partial charge in [-0.2, -0.15) is 0 Å². The van der Waals surface area contributed by atoms with E-state index in [1.54, 1.807) is 23.1 Å². The van der Waals surface area contributed by atoms with E-state index in [4.69, 9.17) is 23.2 Å². The van der Waals surface area contributed by atoms with Gasteiger partial charge >= 0.3 is 0 Å². The Bertz CT molecular complexity index is 518. The number of halogens is 2. The van der Waals surface area contributed by atoms with Gasteiger partial charge in [0, 0.05) is 17.5 Å². The number of nitrogens with one attached hydrogen (secondary N) is 1. The van der Waals surface area contributed by atoms with Crippen molar-refractivity contribution in [1.29, 1.82) is 0 Å². The van der Waals surface area contributed by atoms with Crippen LogP contribution in [0.25, 0.3) is 0 Å². The van der Waals surface area contributed by atoms with Gasteiger partial charge in [-0.15, -0.1) is 0 Å². The van der Waals surface area contributed by atoms with Crippen molar-refractivity contribution >= 4 is 40.7 Å². The molecule has 1 rings (SSSR count). The van der Waals surface area contributed by atoms with Crippen molar-refractivity contribution < 1.29 is 9.59 Å². The van der Waals surface area contributed by atoms with Crippen LogP contribution in [0.3, 0.4) is 0 Å². The minimum Gasteiger partial charge on any atom is -0.333 e. The number of hydrogen-bond donors (Lipinski definition) is 1. The summed E-state index contributed by atoms with van der Waals surface area (Å²) in [6.07, 6.45) is 0.799. The van der Waals surface area contributed by atoms with E-state index in [1.165, 1.54) is 0 Å². The highest BCUT2D eigenvalue weighted by Gasteiger charge is 2.19. The predicted octanol–water partition coefficient (Wildman–Crippen LogP) is 3.83. The maximum atomic E-state index is 12.1. The third-order valence-electron chi connectivity index (χ3n) is 2.84. The van der Waals surface area contributed by atoms with Gasteiger partial charge in [-0.1, -0.05) is 44.0 Å². The summed E-state index contributed by atoms with van der Waals surface area (Å²) >= 11 is 11.8. The molecule has 0 fully saturated rings. The van der Waals surface area contributed by atoms with E-state index in [-0.39, 0.29) is 24.3 Å². The summed E-state index contributed by atoms with van der Waals surface area (Å²) in [7, 11) is 0. The van der Waals surface area contributed by atoms with Crippen molar-refractivity contribution in [2.24, 2.45) is 5.92 Å². The summed E-state index contributed by atoms with van der Waals surface area (Å²) in [4.78, 5) is 25.7. The van der Waals surface area contributed by atoms with Gasteiger partial charge in [0.15, 0.2) is 0 Å². The lowest BCUT2D eigenvalue weighted by Gasteiger charge is -2.23. The molecule has 0 saturated carbocycles. The first-order valence-electron chi connectivity index (χ1n) is 6.88. The molecule has 0 radical (unpaired) electrons. The van der Waals surface area contributed by atoms with Gasteiger partial charge in [0.25, 0.3) is 0 Å². The number of hydrogen-bond acceptors (Lipinski definition) is 2. The molecule has 0 spiro atoms. The molecule has 0 aliphatic rings. The van der Waals surface area contributed by atoms with Crippen LogP contribution in [-0.2, 0) is 9.59 Å². The highest BCUT2D eigenvalue weighted by molar-refractivity contribution is 6.36. The second-order valence-electron chi connectivity index (χ2n) is 5.09. The molecule has 0 bridgehead atoms. The third kappa shape index (κ3) is 5.56. The smallest absolute Gasteiger partial charge is 0.244 e. The fraction of sp³-hybridized carbons (Fsp3) is 0.467. The molecule has 0 atom stereocenters. The second-order valence-corrected chi connectivity index (χ2v) is 5.93. The third-order valence-corrected chi connectivity index (χ3v) is 3.39. The van der Waals surface area contributed by atoms with Crippen LogP contribution in [0.4, 0.5) is 5.69 Å². The lowest BCUT2D eigenvalue weighted by Crippen LogP contribution is -2.40. The van der Waals surface area contributed by atoms with Gasteiger partial charge in [0.1, 0.15) is 0 Å². The molecule has 21 heavy (non-hydrogen) atoms. The molecule has 0 unspecified atom stereocenters. The number of amides is 2. The Hall–Kier alpha value is -1.26. The Morgan fingerprint density at radius 3 is 2.48 bits per heavy atom. The average molecular weight is 331 g/mol. The maximum absolute atomic E-state index is 12.1. The van der Waals surface area contributed by atoms with Crippen molar-refractivity contribution in [3.05, 3.63) is 28.2 Å². The summed E-state index contributed by atoms with van der Waals surface area (Å²) in [5, 5.41) is 3.57. The molecule has 0 aliphatic heterocycles. The van der Waals surface area contributed by atoms with Crippen LogP contribution in [0, 0.1) is 5.92 Å². The van der Waals surface area contributed by atoms with Gasteiger partial charge in [0.2, 0.25) is 11.8 Å². The molecule has 2 amide bonds. The summed E-state index contributed by atoms with van der Waals surface area (Å²) in [5.74, 6) is -0.445. The first kappa shape index (κ1) is 17.8. The molecular weight excluding hydrogens is 311 g/mol. The number of nitrogens with zero attached hydrogens (tertiary/aromatic N) is 1. The van der Waals surface area contributed by atoms with Gasteiger partial charge in [-0.3, -0.25) is 9.59 Å². The summed E-state index contributed by atoms with van der Waals surface area (Å²) < 4.78 is 0. The molecule has 0 saturated heterocycles. The van der Waals surface area contributed by atoms with Gasteiger partial charge in [-0.05, 0) is 24.6 Å². The highest BCUT2D eigenvalue weighted by Crippen LogP contribution is 2.25. The zero-order valence-electron chi connectivity index (χ0n) is 12.5. The van der Waals surface area contributed by atoms with Crippen molar-refractivity contribution in [2.75, 3.05) is 18.4 Å². The first-order valence-corrected chi connectivity index (χ1v) is 7.64. The Morgan fingerprint density at radius 1 is 1.29 bits per heavy atom. The van der Waals surface area contributed by atoms with Crippen LogP contribution < -0.4 is 5.32 Å². The Kier molecular flexibility index (Phi) is 6.99. The topological polar surface area (TPSA) is 49.4 Å². The van der Waals surface area contributed by atoms with Gasteiger partial charge < -0.3 is 10.2 Å². The molecule has 4 nitrogen and oxygen atoms in total. The lowest BCUT2D eigenvalue weighted by atomic mass is 10.2. The Balaban J connectivity index is 2.71. The minimum atomic E-state index is -0.276. The molecule has 116 valence electrons. The van der Waals surface area contributed by atoms with Crippen LogP contribution in [0.1, 0.15) is 27.2 Å². The number of benzene rings is 1. The van der Waals surface area contributed by atoms with Crippen molar-refractivity contribution in [3.8, 4) is 0 Å². The molecule has 1 N–H and O–H groups in total. The molecule has 6 heteroatoms. The Morgan fingerprint density at radius 2 is 1.95 bits per heavy atom. The molecule has 0 heterocycles. The SMILES string of the molecule is CCCN(CC(=O)Nc1ccc(Cl)cc1Cl)C(=O)C(C)C. The van der Waals surface area contributed by atoms with E-state index < -0.39 is 0 Å². The molecule has 0 aromatic heterocycles. The Labute approximate surface area is 135 Å². The summed E-state index contributed by atoms with van der Waals surface area (Å²) in [5.41, 5.74) is 0.486. The zero-order chi connectivity index (χ0) is 16.0. The molecule has 1 aromatic rings. The maximum Gasteiger partial charge on any atom is 0.244 e. The van der Waals surface area contributed by atoms with Crippen molar-refractivity contribution in [1.82, 2.24) is 4.90 Å². The van der Waals surface area contributed by atoms with Gasteiger partial charge in [0.05, 0.1) is 17.3 Å². The second kappa shape index (κ2) is 8.25. The van der Waals surface area contributed by atoms with Crippen LogP contribution in [0.5, 0.6) is 0 Å². The number of carbonyl (C=O) groups is 2. The fourth-order valence-electron chi connectivity index (χ4n) is 1.86. The molecule has 1 aromatic carbocycles. The summed E-state index contributed by atoms with van der Waals surface area (Å²) in [6.45, 7) is 6.18. The molecular formula is C15H20Cl2N2O2. The van der Waals surface area contributed by atoms with E-state index in [2.05, 4.69) is 5.32 Å². The zero-order valence-corrected chi connectivity index (χ0v) is 14.0. The summed E-state index contributed by atoms with van der Waals surface area (Å²) in [6, 6.07) is 4.84. The standard InChI is InChI=1S/C15H20Cl2N2O2/c1-4-7-19(15(21)10(2)3)9-14(20)18-13-6-5-11(16)8-12(13)17/h5-6,8,10H,4,7,9H2,1-3H3,(H,18,20). The van der Waals surface area contributed by atoms with Crippen molar-refractivity contribution in [3.63, 3.8) is 0 Å². The van der Waals surface area contributed by atoms with Crippen LogP contribution in [0.15, 0.2) is 18.2 Å². The van der Waals surface area contributed by atoms with Gasteiger partial charge in [-0.25, -0.2) is 0 Å². The highest BCUT2D eigenvalue weighted by atomic mass is 35.5. The van der Waals surface area contributed by atoms with E-state index >= 15 is 0 Å². The molecule has 0 aliphatic carbocycles. The van der Waals surface area contributed by atoms with E-state index in [0.29, 0.717) is 22.3 Å².